The van der Waals surface area contributed by atoms with Crippen LogP contribution < -0.4 is 11.1 Å². The van der Waals surface area contributed by atoms with Crippen molar-refractivity contribution in [3.05, 3.63) is 64.2 Å². The normalized spacial score (nSPS) is 24.6. The van der Waals surface area contributed by atoms with Crippen LogP contribution in [0.25, 0.3) is 15.8 Å². The molecular weight excluding hydrogens is 376 g/mol. The van der Waals surface area contributed by atoms with Gasteiger partial charge in [0.15, 0.2) is 5.96 Å². The Balaban J connectivity index is 1.54. The van der Waals surface area contributed by atoms with E-state index in [2.05, 4.69) is 35.0 Å². The molecule has 3 aromatic rings. The van der Waals surface area contributed by atoms with Crippen LogP contribution in [0.15, 0.2) is 59.4 Å². The first-order valence-corrected chi connectivity index (χ1v) is 10.4. The highest BCUT2D eigenvalue weighted by atomic mass is 32.1. The number of nitrogens with two attached hydrogens (primary N) is 1. The quantitative estimate of drug-likeness (QED) is 0.717. The van der Waals surface area contributed by atoms with Gasteiger partial charge in [0.25, 0.3) is 0 Å². The van der Waals surface area contributed by atoms with Crippen LogP contribution in [0, 0.1) is 5.92 Å². The average molecular weight is 395 g/mol. The molecule has 2 unspecified atom stereocenters. The lowest BCUT2D eigenvalue weighted by molar-refractivity contribution is -0.125. The summed E-state index contributed by atoms with van der Waals surface area (Å²) in [5.74, 6) is -0.156. The van der Waals surface area contributed by atoms with Crippen molar-refractivity contribution < 1.29 is 4.79 Å². The highest BCUT2D eigenvalue weighted by molar-refractivity contribution is 7.20. The number of thiophene rings is 2. The van der Waals surface area contributed by atoms with E-state index in [1.54, 1.807) is 22.7 Å². The molecule has 136 valence electrons. The molecule has 1 aromatic carbocycles. The van der Waals surface area contributed by atoms with Crippen molar-refractivity contribution in [1.29, 1.82) is 0 Å². The highest BCUT2D eigenvalue weighted by Crippen LogP contribution is 2.46. The molecular formula is C20H18N4OS2. The lowest BCUT2D eigenvalue weighted by Gasteiger charge is -2.33. The molecule has 2 aromatic heterocycles. The van der Waals surface area contributed by atoms with Crippen LogP contribution >= 0.6 is 22.7 Å². The summed E-state index contributed by atoms with van der Waals surface area (Å²) >= 11 is 3.34. The Morgan fingerprint density at radius 2 is 2.19 bits per heavy atom. The van der Waals surface area contributed by atoms with Crippen LogP contribution in [0.5, 0.6) is 0 Å². The molecule has 2 aliphatic rings. The fourth-order valence-electron chi connectivity index (χ4n) is 4.02. The maximum atomic E-state index is 12.7. The van der Waals surface area contributed by atoms with Crippen molar-refractivity contribution in [3.63, 3.8) is 0 Å². The molecule has 5 nitrogen and oxygen atoms in total. The molecule has 3 N–H and O–H groups in total. The number of carbonyl (C=O) groups is 1. The van der Waals surface area contributed by atoms with Crippen LogP contribution in [0.4, 0.5) is 0 Å². The second-order valence-corrected chi connectivity index (χ2v) is 8.95. The van der Waals surface area contributed by atoms with E-state index < -0.39 is 5.54 Å². The Morgan fingerprint density at radius 1 is 1.33 bits per heavy atom. The summed E-state index contributed by atoms with van der Waals surface area (Å²) in [7, 11) is 0. The van der Waals surface area contributed by atoms with Crippen LogP contribution in [-0.2, 0) is 10.3 Å². The SMILES string of the molecule is C=C(c1cc2ccccc2s1)N1CC2C(=O)NC(N)=NC2(c2cccs2)C1. The first-order valence-electron chi connectivity index (χ1n) is 8.70. The average Bonchev–Trinajstić information content (AvgIpc) is 3.38. The van der Waals surface area contributed by atoms with Crippen molar-refractivity contribution in [2.75, 3.05) is 13.1 Å². The van der Waals surface area contributed by atoms with E-state index in [0.29, 0.717) is 13.1 Å². The second kappa shape index (κ2) is 5.94. The van der Waals surface area contributed by atoms with Crippen molar-refractivity contribution in [2.45, 2.75) is 5.54 Å². The van der Waals surface area contributed by atoms with Crippen LogP contribution in [0.3, 0.4) is 0 Å². The number of hydrogen-bond acceptors (Lipinski definition) is 6. The number of amides is 1. The summed E-state index contributed by atoms with van der Waals surface area (Å²) in [6, 6.07) is 14.5. The van der Waals surface area contributed by atoms with Gasteiger partial charge in [-0.2, -0.15) is 0 Å². The molecule has 0 bridgehead atoms. The van der Waals surface area contributed by atoms with Gasteiger partial charge < -0.3 is 10.6 Å². The minimum atomic E-state index is -0.639. The van der Waals surface area contributed by atoms with Crippen LogP contribution in [-0.4, -0.2) is 29.9 Å². The number of guanidine groups is 1. The summed E-state index contributed by atoms with van der Waals surface area (Å²) in [5.41, 5.74) is 6.23. The fraction of sp³-hybridized carbons (Fsp3) is 0.200. The predicted molar refractivity (Wildman–Crippen MR) is 112 cm³/mol. The zero-order valence-corrected chi connectivity index (χ0v) is 16.1. The number of nitrogens with zero attached hydrogens (tertiary/aromatic N) is 2. The zero-order valence-electron chi connectivity index (χ0n) is 14.5. The third-order valence-corrected chi connectivity index (χ3v) is 7.54. The van der Waals surface area contributed by atoms with Gasteiger partial charge >= 0.3 is 0 Å². The van der Waals surface area contributed by atoms with E-state index in [-0.39, 0.29) is 17.8 Å². The van der Waals surface area contributed by atoms with Gasteiger partial charge in [-0.15, -0.1) is 22.7 Å². The largest absolute Gasteiger partial charge is 0.370 e. The predicted octanol–water partition coefficient (Wildman–Crippen LogP) is 3.21. The fourth-order valence-corrected chi connectivity index (χ4v) is 6.00. The lowest BCUT2D eigenvalue weighted by atomic mass is 9.84. The maximum absolute atomic E-state index is 12.7. The van der Waals surface area contributed by atoms with Crippen LogP contribution in [0.1, 0.15) is 9.75 Å². The van der Waals surface area contributed by atoms with E-state index in [0.717, 1.165) is 15.5 Å². The van der Waals surface area contributed by atoms with Gasteiger partial charge in [-0.3, -0.25) is 10.1 Å². The minimum absolute atomic E-state index is 0.0671. The van der Waals surface area contributed by atoms with Crippen molar-refractivity contribution in [2.24, 2.45) is 16.6 Å². The van der Waals surface area contributed by atoms with Gasteiger partial charge in [0.1, 0.15) is 5.54 Å². The number of rotatable bonds is 3. The van der Waals surface area contributed by atoms with Crippen LogP contribution in [0.2, 0.25) is 0 Å². The van der Waals surface area contributed by atoms with Crippen molar-refractivity contribution in [1.82, 2.24) is 10.2 Å². The first-order chi connectivity index (χ1) is 13.1. The Hall–Kier alpha value is -2.64. The van der Waals surface area contributed by atoms with Gasteiger partial charge in [-0.05, 0) is 29.0 Å². The first kappa shape index (κ1) is 16.5. The zero-order chi connectivity index (χ0) is 18.6. The molecule has 0 spiro atoms. The molecule has 0 aliphatic carbocycles. The molecule has 7 heteroatoms. The molecule has 0 radical (unpaired) electrons. The number of benzene rings is 1. The third-order valence-electron chi connectivity index (χ3n) is 5.34. The number of nitrogens with one attached hydrogen (secondary N) is 1. The molecule has 4 heterocycles. The Bertz CT molecular complexity index is 1050. The van der Waals surface area contributed by atoms with Gasteiger partial charge in [-0.1, -0.05) is 30.8 Å². The topological polar surface area (TPSA) is 70.7 Å². The number of likely N-dealkylation sites (tertiary alicyclic amines) is 1. The number of aliphatic imine (C=N–C) groups is 1. The Morgan fingerprint density at radius 3 is 2.96 bits per heavy atom. The van der Waals surface area contributed by atoms with E-state index in [9.17, 15) is 4.79 Å². The monoisotopic (exact) mass is 394 g/mol. The molecule has 1 saturated heterocycles. The molecule has 27 heavy (non-hydrogen) atoms. The molecule has 0 saturated carbocycles. The van der Waals surface area contributed by atoms with E-state index in [1.807, 2.05) is 29.6 Å². The summed E-state index contributed by atoms with van der Waals surface area (Å²) in [6.45, 7) is 5.52. The standard InChI is InChI=1S/C20H18N4OS2/c1-12(16-9-13-5-2-3-6-15(13)27-16)24-10-14-18(25)22-19(21)23-20(14,11-24)17-7-4-8-26-17/h2-9,14H,1,10-11H2,(H3,21,22,23,25). The van der Waals surface area contributed by atoms with Gasteiger partial charge in [0.2, 0.25) is 5.91 Å². The summed E-state index contributed by atoms with van der Waals surface area (Å²) in [6.07, 6.45) is 0. The number of carbonyl (C=O) groups excluding carboxylic acids is 1. The van der Waals surface area contributed by atoms with E-state index in [4.69, 9.17) is 10.7 Å². The van der Waals surface area contributed by atoms with E-state index >= 15 is 0 Å². The lowest BCUT2D eigenvalue weighted by Crippen LogP contribution is -2.53. The smallest absolute Gasteiger partial charge is 0.234 e. The maximum Gasteiger partial charge on any atom is 0.234 e. The Kier molecular flexibility index (Phi) is 3.63. The molecule has 1 amide bonds. The van der Waals surface area contributed by atoms with Gasteiger partial charge in [0.05, 0.1) is 10.8 Å². The number of fused-ring (bicyclic) bond motifs is 2. The Labute approximate surface area is 164 Å². The van der Waals surface area contributed by atoms with Crippen molar-refractivity contribution in [3.8, 4) is 0 Å². The van der Waals surface area contributed by atoms with Gasteiger partial charge in [-0.25, -0.2) is 4.99 Å². The summed E-state index contributed by atoms with van der Waals surface area (Å²) in [4.78, 5) is 21.8. The summed E-state index contributed by atoms with van der Waals surface area (Å²) in [5, 5.41) is 5.93. The molecule has 2 aliphatic heterocycles. The second-order valence-electron chi connectivity index (χ2n) is 6.92. The van der Waals surface area contributed by atoms with E-state index in [1.165, 1.54) is 10.1 Å². The molecule has 5 rings (SSSR count). The minimum Gasteiger partial charge on any atom is -0.370 e. The summed E-state index contributed by atoms with van der Waals surface area (Å²) < 4.78 is 1.23. The highest BCUT2D eigenvalue weighted by Gasteiger charge is 2.54. The third kappa shape index (κ3) is 2.49. The van der Waals surface area contributed by atoms with Crippen molar-refractivity contribution >= 4 is 50.3 Å². The molecule has 1 fully saturated rings. The number of hydrogen-bond donors (Lipinski definition) is 2. The molecule has 2 atom stereocenters. The van der Waals surface area contributed by atoms with Gasteiger partial charge in [0, 0.05) is 28.4 Å².